The van der Waals surface area contributed by atoms with Gasteiger partial charge in [0.1, 0.15) is 10.0 Å². The van der Waals surface area contributed by atoms with E-state index < -0.39 is 0 Å². The van der Waals surface area contributed by atoms with Gasteiger partial charge in [0.2, 0.25) is 0 Å². The predicted molar refractivity (Wildman–Crippen MR) is 62.5 cm³/mol. The number of esters is 1. The lowest BCUT2D eigenvalue weighted by Crippen LogP contribution is -2.35. The van der Waals surface area contributed by atoms with E-state index in [1.54, 1.807) is 0 Å². The Hall–Kier alpha value is -0.720. The summed E-state index contributed by atoms with van der Waals surface area (Å²) in [6.07, 6.45) is 0. The predicted octanol–water partition coefficient (Wildman–Crippen LogP) is 1.57. The van der Waals surface area contributed by atoms with Gasteiger partial charge in [0, 0.05) is 24.1 Å². The summed E-state index contributed by atoms with van der Waals surface area (Å²) < 4.78 is 8.95. The molecule has 7 heteroatoms. The summed E-state index contributed by atoms with van der Waals surface area (Å²) in [4.78, 5) is 13.1. The van der Waals surface area contributed by atoms with E-state index >= 15 is 0 Å². The summed E-state index contributed by atoms with van der Waals surface area (Å²) in [5.74, 6) is -0.270. The van der Waals surface area contributed by atoms with Crippen molar-refractivity contribution in [2.45, 2.75) is 26.4 Å². The number of rotatable bonds is 5. The number of ether oxygens (including phenoxy) is 1. The summed E-state index contributed by atoms with van der Waals surface area (Å²) in [6.45, 7) is 4.72. The normalized spacial score (nSPS) is 11.1. The van der Waals surface area contributed by atoms with Crippen LogP contribution in [0.4, 0.5) is 0 Å². The molecule has 90 valence electrons. The van der Waals surface area contributed by atoms with E-state index in [4.69, 9.17) is 11.6 Å². The average molecular weight is 264 g/mol. The van der Waals surface area contributed by atoms with Crippen molar-refractivity contribution in [1.82, 2.24) is 14.5 Å². The minimum atomic E-state index is -0.270. The monoisotopic (exact) mass is 263 g/mol. The summed E-state index contributed by atoms with van der Waals surface area (Å²) in [5.41, 5.74) is 0.698. The lowest BCUT2D eigenvalue weighted by Gasteiger charge is -2.23. The molecule has 0 bridgehead atoms. The Morgan fingerprint density at radius 3 is 2.75 bits per heavy atom. The molecule has 0 fully saturated rings. The van der Waals surface area contributed by atoms with Crippen molar-refractivity contribution in [1.29, 1.82) is 0 Å². The number of aromatic nitrogens is 2. The first-order valence-electron chi connectivity index (χ1n) is 4.82. The Morgan fingerprint density at radius 2 is 2.31 bits per heavy atom. The molecule has 0 aromatic carbocycles. The van der Waals surface area contributed by atoms with Crippen LogP contribution < -0.4 is 0 Å². The first kappa shape index (κ1) is 13.3. The van der Waals surface area contributed by atoms with Crippen molar-refractivity contribution in [3.05, 3.63) is 10.0 Å². The highest BCUT2D eigenvalue weighted by atomic mass is 35.5. The Morgan fingerprint density at radius 1 is 1.62 bits per heavy atom. The van der Waals surface area contributed by atoms with Crippen LogP contribution in [-0.2, 0) is 16.1 Å². The van der Waals surface area contributed by atoms with Gasteiger partial charge in [0.05, 0.1) is 13.7 Å². The summed E-state index contributed by atoms with van der Waals surface area (Å²) in [7, 11) is 1.37. The van der Waals surface area contributed by atoms with Gasteiger partial charge < -0.3 is 4.74 Å². The lowest BCUT2D eigenvalue weighted by molar-refractivity contribution is -0.142. The fraction of sp³-hybridized carbons (Fsp3) is 0.667. The fourth-order valence-corrected chi connectivity index (χ4v) is 1.75. The van der Waals surface area contributed by atoms with Crippen LogP contribution in [-0.4, -0.2) is 40.2 Å². The topological polar surface area (TPSA) is 55.3 Å². The van der Waals surface area contributed by atoms with E-state index in [0.29, 0.717) is 16.6 Å². The third-order valence-corrected chi connectivity index (χ3v) is 3.14. The second-order valence-electron chi connectivity index (χ2n) is 3.57. The van der Waals surface area contributed by atoms with E-state index in [1.807, 2.05) is 18.7 Å². The van der Waals surface area contributed by atoms with Crippen LogP contribution in [0.1, 0.15) is 19.5 Å². The maximum atomic E-state index is 11.2. The molecule has 0 aliphatic heterocycles. The van der Waals surface area contributed by atoms with Crippen LogP contribution in [0, 0.1) is 0 Å². The molecule has 0 aliphatic carbocycles. The van der Waals surface area contributed by atoms with Crippen molar-refractivity contribution in [2.75, 3.05) is 13.7 Å². The van der Waals surface area contributed by atoms with Gasteiger partial charge in [-0.3, -0.25) is 9.69 Å². The molecule has 1 heterocycles. The molecule has 1 aromatic rings. The second kappa shape index (κ2) is 6.12. The Balaban J connectivity index is 2.65. The second-order valence-corrected chi connectivity index (χ2v) is 4.92. The molecule has 0 saturated carbocycles. The Labute approximate surface area is 104 Å². The van der Waals surface area contributed by atoms with Crippen molar-refractivity contribution in [2.24, 2.45) is 0 Å². The maximum Gasteiger partial charge on any atom is 0.319 e. The molecule has 0 N–H and O–H groups in total. The van der Waals surface area contributed by atoms with Crippen LogP contribution in [0.15, 0.2) is 0 Å². The highest BCUT2D eigenvalue weighted by Crippen LogP contribution is 2.19. The molecule has 0 aliphatic rings. The first-order valence-corrected chi connectivity index (χ1v) is 5.97. The lowest BCUT2D eigenvalue weighted by atomic mass is 10.3. The average Bonchev–Trinajstić information content (AvgIpc) is 2.63. The molecular weight excluding hydrogens is 250 g/mol. The van der Waals surface area contributed by atoms with Gasteiger partial charge in [0.15, 0.2) is 0 Å². The van der Waals surface area contributed by atoms with E-state index in [-0.39, 0.29) is 18.6 Å². The molecule has 0 radical (unpaired) electrons. The van der Waals surface area contributed by atoms with Gasteiger partial charge in [-0.05, 0) is 13.8 Å². The van der Waals surface area contributed by atoms with Gasteiger partial charge >= 0.3 is 5.97 Å². The van der Waals surface area contributed by atoms with Crippen molar-refractivity contribution in [3.8, 4) is 0 Å². The molecule has 0 amide bonds. The zero-order valence-electron chi connectivity index (χ0n) is 9.44. The van der Waals surface area contributed by atoms with Crippen LogP contribution in [0.3, 0.4) is 0 Å². The van der Waals surface area contributed by atoms with Gasteiger partial charge in [-0.2, -0.15) is 0 Å². The molecule has 16 heavy (non-hydrogen) atoms. The van der Waals surface area contributed by atoms with Gasteiger partial charge in [-0.15, -0.1) is 5.10 Å². The molecular formula is C9H14ClN3O2S. The SMILES string of the molecule is COC(=O)CN(Cc1nnsc1Cl)C(C)C. The van der Waals surface area contributed by atoms with Gasteiger partial charge in [0.25, 0.3) is 0 Å². The molecule has 1 aromatic heterocycles. The van der Waals surface area contributed by atoms with Crippen LogP contribution >= 0.6 is 23.1 Å². The number of hydrogen-bond acceptors (Lipinski definition) is 6. The number of nitrogens with zero attached hydrogens (tertiary/aromatic N) is 3. The molecule has 0 saturated heterocycles. The fourth-order valence-electron chi connectivity index (χ4n) is 1.14. The molecule has 5 nitrogen and oxygen atoms in total. The number of carbonyl (C=O) groups is 1. The third-order valence-electron chi connectivity index (χ3n) is 2.15. The van der Waals surface area contributed by atoms with Crippen LogP contribution in [0.5, 0.6) is 0 Å². The summed E-state index contributed by atoms with van der Waals surface area (Å²) in [5, 5.41) is 3.91. The smallest absolute Gasteiger partial charge is 0.319 e. The molecule has 0 spiro atoms. The van der Waals surface area contributed by atoms with Crippen LogP contribution in [0.25, 0.3) is 0 Å². The van der Waals surface area contributed by atoms with E-state index in [9.17, 15) is 4.79 Å². The standard InChI is InChI=1S/C9H14ClN3O2S/c1-6(2)13(5-8(14)15-3)4-7-9(10)16-12-11-7/h6H,4-5H2,1-3H3. The Bertz CT molecular complexity index is 356. The number of halogens is 1. The van der Waals surface area contributed by atoms with Gasteiger partial charge in [-0.25, -0.2) is 0 Å². The Kier molecular flexibility index (Phi) is 5.11. The van der Waals surface area contributed by atoms with Crippen molar-refractivity contribution < 1.29 is 9.53 Å². The summed E-state index contributed by atoms with van der Waals surface area (Å²) in [6, 6.07) is 0.205. The van der Waals surface area contributed by atoms with Crippen LogP contribution in [0.2, 0.25) is 4.34 Å². The molecule has 0 unspecified atom stereocenters. The highest BCUT2D eigenvalue weighted by molar-refractivity contribution is 7.10. The van der Waals surface area contributed by atoms with E-state index in [0.717, 1.165) is 11.5 Å². The minimum Gasteiger partial charge on any atom is -0.468 e. The van der Waals surface area contributed by atoms with Gasteiger partial charge in [-0.1, -0.05) is 16.1 Å². The molecule has 1 rings (SSSR count). The molecule has 0 atom stereocenters. The maximum absolute atomic E-state index is 11.2. The third kappa shape index (κ3) is 3.70. The number of carbonyl (C=O) groups excluding carboxylic acids is 1. The zero-order chi connectivity index (χ0) is 12.1. The van der Waals surface area contributed by atoms with Crippen molar-refractivity contribution >= 4 is 29.1 Å². The highest BCUT2D eigenvalue weighted by Gasteiger charge is 2.17. The van der Waals surface area contributed by atoms with E-state index in [1.165, 1.54) is 7.11 Å². The summed E-state index contributed by atoms with van der Waals surface area (Å²) >= 11 is 7.05. The quantitative estimate of drug-likeness (QED) is 0.755. The largest absolute Gasteiger partial charge is 0.468 e. The van der Waals surface area contributed by atoms with Crippen molar-refractivity contribution in [3.63, 3.8) is 0 Å². The minimum absolute atomic E-state index is 0.205. The van der Waals surface area contributed by atoms with E-state index in [2.05, 4.69) is 14.3 Å². The number of methoxy groups -OCH3 is 1. The number of hydrogen-bond donors (Lipinski definition) is 0. The first-order chi connectivity index (χ1) is 7.54. The zero-order valence-corrected chi connectivity index (χ0v) is 11.0.